The lowest BCUT2D eigenvalue weighted by Crippen LogP contribution is -2.24. The molecule has 0 bridgehead atoms. The molecule has 0 aliphatic carbocycles. The largest absolute Gasteiger partial charge is 0.364 e. The SMILES string of the molecule is CN1C(c2ccccc2)=CC(c2ccc(-c3nc(-c4ccc(-c5cc(-c6ccccc6)cc(-c6ccccc6)n5)cc4)c4cc(-c5cccc6ccccc56)cc(-c5cccc6ccccc56)c4n3)cc2)=CC1c1ccccc1. The van der Waals surface area contributed by atoms with Crippen LogP contribution in [0.2, 0.25) is 0 Å². The third-order valence-electron chi connectivity index (χ3n) is 15.6. The van der Waals surface area contributed by atoms with Crippen LogP contribution in [0, 0.1) is 0 Å². The molecule has 14 rings (SSSR count). The van der Waals surface area contributed by atoms with Gasteiger partial charge in [-0.05, 0) is 108 Å². The van der Waals surface area contributed by atoms with Gasteiger partial charge in [-0.2, -0.15) is 0 Å². The highest BCUT2D eigenvalue weighted by molar-refractivity contribution is 6.11. The number of benzene rings is 11. The zero-order valence-electron chi connectivity index (χ0n) is 43.6. The van der Waals surface area contributed by atoms with Gasteiger partial charge in [0.1, 0.15) is 0 Å². The van der Waals surface area contributed by atoms with E-state index in [4.69, 9.17) is 15.0 Å². The number of nitrogens with zero attached hydrogens (tertiary/aromatic N) is 4. The molecule has 1 aliphatic heterocycles. The molecule has 0 saturated heterocycles. The lowest BCUT2D eigenvalue weighted by atomic mass is 9.89. The molecule has 0 radical (unpaired) electrons. The molecular weight excluding hydrogens is 957 g/mol. The monoisotopic (exact) mass is 1010 g/mol. The predicted molar refractivity (Wildman–Crippen MR) is 330 cm³/mol. The molecule has 13 aromatic rings. The van der Waals surface area contributed by atoms with Gasteiger partial charge in [-0.3, -0.25) is 0 Å². The molecule has 372 valence electrons. The van der Waals surface area contributed by atoms with Gasteiger partial charge in [-0.1, -0.05) is 255 Å². The normalized spacial score (nSPS) is 13.4. The average Bonchev–Trinajstić information content (AvgIpc) is 3.66. The highest BCUT2D eigenvalue weighted by Gasteiger charge is 2.25. The molecule has 4 heteroatoms. The summed E-state index contributed by atoms with van der Waals surface area (Å²) in [6.07, 6.45) is 4.70. The summed E-state index contributed by atoms with van der Waals surface area (Å²) < 4.78 is 0. The molecule has 0 spiro atoms. The highest BCUT2D eigenvalue weighted by atomic mass is 15.1. The summed E-state index contributed by atoms with van der Waals surface area (Å²) >= 11 is 0. The molecule has 4 nitrogen and oxygen atoms in total. The number of likely N-dealkylation sites (N-methyl/N-ethyl adjacent to an activating group) is 1. The fourth-order valence-corrected chi connectivity index (χ4v) is 11.5. The van der Waals surface area contributed by atoms with E-state index in [1.165, 1.54) is 38.4 Å². The number of hydrogen-bond acceptors (Lipinski definition) is 4. The maximum absolute atomic E-state index is 5.66. The van der Waals surface area contributed by atoms with Crippen LogP contribution < -0.4 is 0 Å². The number of allylic oxidation sites excluding steroid dienone is 2. The lowest BCUT2D eigenvalue weighted by molar-refractivity contribution is 0.413. The minimum Gasteiger partial charge on any atom is -0.364 e. The smallest absolute Gasteiger partial charge is 0.160 e. The molecule has 1 unspecified atom stereocenters. The Morgan fingerprint density at radius 1 is 0.329 bits per heavy atom. The number of rotatable bonds is 10. The van der Waals surface area contributed by atoms with E-state index in [0.717, 1.165) is 94.8 Å². The standard InChI is InChI=1S/C75H52N4/c1-79-71(56-26-10-4-11-27-56)48-61(49-72(79)57-28-12-5-13-29-57)51-36-42-59(43-37-51)75-77-73(58-40-38-55(39-41-58)70-47-60(50-20-6-2-7-21-50)46-69(76-70)54-24-8-3-9-25-54)68-45-62(65-34-18-30-52-22-14-16-32-63(52)65)44-67(74(68)78-75)66-35-19-31-53-23-15-17-33-64(53)66/h2-49,71H,1H3. The van der Waals surface area contributed by atoms with Crippen LogP contribution in [-0.2, 0) is 0 Å². The Hall–Kier alpha value is -10.3. The summed E-state index contributed by atoms with van der Waals surface area (Å²) in [7, 11) is 2.19. The van der Waals surface area contributed by atoms with Crippen LogP contribution in [0.25, 0.3) is 122 Å². The molecule has 11 aromatic carbocycles. The minimum atomic E-state index is 0.0506. The van der Waals surface area contributed by atoms with E-state index in [9.17, 15) is 0 Å². The summed E-state index contributed by atoms with van der Waals surface area (Å²) in [6, 6.07) is 99.7. The Balaban J connectivity index is 0.961. The van der Waals surface area contributed by atoms with Gasteiger partial charge in [0.2, 0.25) is 0 Å². The molecular formula is C75H52N4. The fraction of sp³-hybridized carbons (Fsp3) is 0.0267. The van der Waals surface area contributed by atoms with E-state index < -0.39 is 0 Å². The van der Waals surface area contributed by atoms with Crippen LogP contribution >= 0.6 is 0 Å². The highest BCUT2D eigenvalue weighted by Crippen LogP contribution is 2.44. The predicted octanol–water partition coefficient (Wildman–Crippen LogP) is 19.1. The summed E-state index contributed by atoms with van der Waals surface area (Å²) in [4.78, 5) is 19.0. The number of aromatic nitrogens is 3. The third kappa shape index (κ3) is 9.05. The van der Waals surface area contributed by atoms with Gasteiger partial charge in [-0.15, -0.1) is 0 Å². The van der Waals surface area contributed by atoms with E-state index in [1.54, 1.807) is 0 Å². The zero-order valence-corrected chi connectivity index (χ0v) is 43.6. The summed E-state index contributed by atoms with van der Waals surface area (Å²) in [5, 5.41) is 5.69. The maximum Gasteiger partial charge on any atom is 0.160 e. The van der Waals surface area contributed by atoms with Crippen molar-refractivity contribution in [3.63, 3.8) is 0 Å². The van der Waals surface area contributed by atoms with Crippen molar-refractivity contribution >= 4 is 43.7 Å². The first-order valence-corrected chi connectivity index (χ1v) is 27.0. The molecule has 2 aromatic heterocycles. The first-order chi connectivity index (χ1) is 39.1. The second-order valence-corrected chi connectivity index (χ2v) is 20.4. The maximum atomic E-state index is 5.66. The molecule has 0 saturated carbocycles. The molecule has 0 amide bonds. The van der Waals surface area contributed by atoms with Gasteiger partial charge >= 0.3 is 0 Å². The minimum absolute atomic E-state index is 0.0506. The molecule has 1 atom stereocenters. The zero-order chi connectivity index (χ0) is 52.7. The van der Waals surface area contributed by atoms with E-state index in [1.807, 2.05) is 6.07 Å². The van der Waals surface area contributed by atoms with Gasteiger partial charge in [-0.25, -0.2) is 15.0 Å². The first-order valence-electron chi connectivity index (χ1n) is 27.0. The molecule has 3 heterocycles. The van der Waals surface area contributed by atoms with Crippen molar-refractivity contribution in [1.29, 1.82) is 0 Å². The van der Waals surface area contributed by atoms with Crippen LogP contribution in [0.15, 0.2) is 291 Å². The summed E-state index contributed by atoms with van der Waals surface area (Å²) in [5.74, 6) is 0.655. The molecule has 79 heavy (non-hydrogen) atoms. The Kier molecular flexibility index (Phi) is 12.1. The third-order valence-corrected chi connectivity index (χ3v) is 15.6. The summed E-state index contributed by atoms with van der Waals surface area (Å²) in [6.45, 7) is 0. The average molecular weight is 1010 g/mol. The van der Waals surface area contributed by atoms with E-state index in [2.05, 4.69) is 297 Å². The van der Waals surface area contributed by atoms with Crippen molar-refractivity contribution < 1.29 is 0 Å². The van der Waals surface area contributed by atoms with Crippen LogP contribution in [0.3, 0.4) is 0 Å². The van der Waals surface area contributed by atoms with Gasteiger partial charge in [0.25, 0.3) is 0 Å². The fourth-order valence-electron chi connectivity index (χ4n) is 11.5. The lowest BCUT2D eigenvalue weighted by Gasteiger charge is -2.35. The van der Waals surface area contributed by atoms with Gasteiger partial charge in [0.15, 0.2) is 5.82 Å². The molecule has 0 N–H and O–H groups in total. The van der Waals surface area contributed by atoms with Gasteiger partial charge in [0.05, 0.1) is 28.6 Å². The Morgan fingerprint density at radius 2 is 0.835 bits per heavy atom. The Morgan fingerprint density at radius 3 is 1.49 bits per heavy atom. The van der Waals surface area contributed by atoms with E-state index in [-0.39, 0.29) is 6.04 Å². The first kappa shape index (κ1) is 47.2. The quantitative estimate of drug-likeness (QED) is 0.137. The Bertz CT molecular complexity index is 4390. The van der Waals surface area contributed by atoms with Crippen molar-refractivity contribution in [2.24, 2.45) is 0 Å². The molecule has 1 aliphatic rings. The van der Waals surface area contributed by atoms with Crippen LogP contribution in [-0.4, -0.2) is 26.9 Å². The van der Waals surface area contributed by atoms with Crippen molar-refractivity contribution in [1.82, 2.24) is 19.9 Å². The second kappa shape index (κ2) is 20.3. The van der Waals surface area contributed by atoms with Crippen LogP contribution in [0.1, 0.15) is 22.7 Å². The second-order valence-electron chi connectivity index (χ2n) is 20.4. The van der Waals surface area contributed by atoms with Crippen molar-refractivity contribution in [2.75, 3.05) is 7.05 Å². The van der Waals surface area contributed by atoms with Crippen molar-refractivity contribution in [3.05, 3.63) is 308 Å². The molecule has 0 fully saturated rings. The summed E-state index contributed by atoms with van der Waals surface area (Å²) in [5.41, 5.74) is 20.1. The van der Waals surface area contributed by atoms with Gasteiger partial charge in [0, 0.05) is 45.9 Å². The Labute approximate surface area is 460 Å². The van der Waals surface area contributed by atoms with Gasteiger partial charge < -0.3 is 4.90 Å². The van der Waals surface area contributed by atoms with Crippen LogP contribution in [0.5, 0.6) is 0 Å². The van der Waals surface area contributed by atoms with E-state index >= 15 is 0 Å². The van der Waals surface area contributed by atoms with Crippen LogP contribution in [0.4, 0.5) is 0 Å². The number of pyridine rings is 1. The topological polar surface area (TPSA) is 41.9 Å². The van der Waals surface area contributed by atoms with Crippen molar-refractivity contribution in [2.45, 2.75) is 6.04 Å². The van der Waals surface area contributed by atoms with Crippen molar-refractivity contribution in [3.8, 4) is 78.5 Å². The number of fused-ring (bicyclic) bond motifs is 3. The number of hydrogen-bond donors (Lipinski definition) is 0. The van der Waals surface area contributed by atoms with E-state index in [0.29, 0.717) is 5.82 Å².